The van der Waals surface area contributed by atoms with E-state index in [9.17, 15) is 4.79 Å². The van der Waals surface area contributed by atoms with E-state index in [1.807, 2.05) is 65.5 Å². The minimum Gasteiger partial charge on any atom is -0.360 e. The lowest BCUT2D eigenvalue weighted by Gasteiger charge is -2.13. The molecule has 5 rings (SSSR count). The fourth-order valence-corrected chi connectivity index (χ4v) is 5.31. The molecule has 0 saturated heterocycles. The van der Waals surface area contributed by atoms with E-state index in [0.717, 1.165) is 38.4 Å². The van der Waals surface area contributed by atoms with Crippen LogP contribution in [0.2, 0.25) is 0 Å². The van der Waals surface area contributed by atoms with E-state index in [0.29, 0.717) is 5.16 Å². The maximum Gasteiger partial charge on any atom is 0.230 e. The van der Waals surface area contributed by atoms with Gasteiger partial charge in [-0.1, -0.05) is 48.2 Å². The Morgan fingerprint density at radius 3 is 2.85 bits per heavy atom. The Balaban J connectivity index is 1.46. The quantitative estimate of drug-likeness (QED) is 0.295. The van der Waals surface area contributed by atoms with Crippen LogP contribution in [0.1, 0.15) is 23.4 Å². The number of thiophene rings is 1. The van der Waals surface area contributed by atoms with Crippen LogP contribution in [0.25, 0.3) is 28.0 Å². The third-order valence-corrected chi connectivity index (χ3v) is 7.39. The third-order valence-electron chi connectivity index (χ3n) is 5.40. The second kappa shape index (κ2) is 9.25. The molecule has 6 nitrogen and oxygen atoms in total. The largest absolute Gasteiger partial charge is 0.360 e. The second-order valence-corrected chi connectivity index (χ2v) is 9.74. The molecule has 1 atom stereocenters. The minimum atomic E-state index is -0.0339. The molecule has 33 heavy (non-hydrogen) atoms. The van der Waals surface area contributed by atoms with E-state index in [4.69, 9.17) is 0 Å². The van der Waals surface area contributed by atoms with Crippen LogP contribution in [0, 0.1) is 6.92 Å². The summed E-state index contributed by atoms with van der Waals surface area (Å²) in [5.74, 6) is 0.967. The van der Waals surface area contributed by atoms with Crippen molar-refractivity contribution in [3.05, 3.63) is 82.7 Å². The number of thioether (sulfide) groups is 1. The average molecular weight is 474 g/mol. The van der Waals surface area contributed by atoms with Crippen LogP contribution in [-0.4, -0.2) is 31.4 Å². The highest BCUT2D eigenvalue weighted by Gasteiger charge is 2.20. The zero-order valence-electron chi connectivity index (χ0n) is 18.3. The zero-order chi connectivity index (χ0) is 22.8. The molecule has 8 heteroatoms. The van der Waals surface area contributed by atoms with Crippen molar-refractivity contribution in [3.8, 4) is 17.1 Å². The van der Waals surface area contributed by atoms with E-state index in [2.05, 4.69) is 45.6 Å². The number of carbonyl (C=O) groups excluding carboxylic acids is 1. The smallest absolute Gasteiger partial charge is 0.230 e. The molecule has 0 fully saturated rings. The van der Waals surface area contributed by atoms with Crippen molar-refractivity contribution in [2.45, 2.75) is 25.0 Å². The zero-order valence-corrected chi connectivity index (χ0v) is 19.9. The van der Waals surface area contributed by atoms with E-state index in [1.54, 1.807) is 11.3 Å². The number of para-hydroxylation sites is 1. The lowest BCUT2D eigenvalue weighted by molar-refractivity contribution is -0.119. The van der Waals surface area contributed by atoms with Crippen LogP contribution in [0.3, 0.4) is 0 Å². The van der Waals surface area contributed by atoms with Crippen molar-refractivity contribution in [2.75, 3.05) is 5.75 Å². The van der Waals surface area contributed by atoms with Gasteiger partial charge in [-0.15, -0.1) is 21.5 Å². The summed E-state index contributed by atoms with van der Waals surface area (Å²) in [5.41, 5.74) is 4.13. The molecule has 2 N–H and O–H groups in total. The van der Waals surface area contributed by atoms with Crippen molar-refractivity contribution in [3.63, 3.8) is 0 Å². The first-order chi connectivity index (χ1) is 16.1. The number of nitrogens with zero attached hydrogens (tertiary/aromatic N) is 3. The summed E-state index contributed by atoms with van der Waals surface area (Å²) < 4.78 is 2.03. The molecule has 0 aliphatic rings. The molecule has 166 valence electrons. The lowest BCUT2D eigenvalue weighted by atomic mass is 10.1. The summed E-state index contributed by atoms with van der Waals surface area (Å²) in [6, 6.07) is 20.4. The van der Waals surface area contributed by atoms with Gasteiger partial charge in [0, 0.05) is 33.2 Å². The number of H-pyrrole nitrogens is 1. The third kappa shape index (κ3) is 4.44. The number of aromatic nitrogens is 4. The van der Waals surface area contributed by atoms with E-state index >= 15 is 0 Å². The molecule has 0 aliphatic heterocycles. The Labute approximate surface area is 200 Å². The average Bonchev–Trinajstić information content (AvgIpc) is 3.57. The molecular formula is C25H23N5OS2. The molecule has 0 unspecified atom stereocenters. The van der Waals surface area contributed by atoms with E-state index in [-0.39, 0.29) is 17.7 Å². The van der Waals surface area contributed by atoms with Gasteiger partial charge in [0.05, 0.1) is 11.8 Å². The standard InChI is InChI=1S/C25H23N5OS2/c1-16-7-5-8-18(13-16)30-24(20-14-26-21-10-4-3-9-19(20)21)28-29-25(30)33-15-23(31)27-17(2)22-11-6-12-32-22/h3-14,17,26H,15H2,1-2H3,(H,27,31)/t17-/m1/s1. The van der Waals surface area contributed by atoms with Gasteiger partial charge in [0.1, 0.15) is 0 Å². The number of rotatable bonds is 7. The highest BCUT2D eigenvalue weighted by Crippen LogP contribution is 2.32. The molecule has 0 radical (unpaired) electrons. The van der Waals surface area contributed by atoms with Crippen LogP contribution in [0.5, 0.6) is 0 Å². The van der Waals surface area contributed by atoms with Crippen molar-refractivity contribution in [1.29, 1.82) is 0 Å². The molecule has 0 aliphatic carbocycles. The predicted molar refractivity (Wildman–Crippen MR) is 135 cm³/mol. The number of fused-ring (bicyclic) bond motifs is 1. The number of amides is 1. The van der Waals surface area contributed by atoms with Gasteiger partial charge in [0.25, 0.3) is 0 Å². The Hall–Kier alpha value is -3.36. The highest BCUT2D eigenvalue weighted by atomic mass is 32.2. The summed E-state index contributed by atoms with van der Waals surface area (Å²) >= 11 is 3.03. The number of hydrogen-bond donors (Lipinski definition) is 2. The number of aromatic amines is 1. The Morgan fingerprint density at radius 1 is 1.15 bits per heavy atom. The first kappa shape index (κ1) is 21.5. The fraction of sp³-hybridized carbons (Fsp3) is 0.160. The van der Waals surface area contributed by atoms with Gasteiger partial charge in [0.15, 0.2) is 11.0 Å². The van der Waals surface area contributed by atoms with E-state index in [1.165, 1.54) is 11.8 Å². The van der Waals surface area contributed by atoms with Crippen molar-refractivity contribution in [1.82, 2.24) is 25.1 Å². The van der Waals surface area contributed by atoms with Gasteiger partial charge in [-0.2, -0.15) is 0 Å². The summed E-state index contributed by atoms with van der Waals surface area (Å²) in [4.78, 5) is 17.1. The normalized spacial score (nSPS) is 12.2. The van der Waals surface area contributed by atoms with Gasteiger partial charge in [-0.05, 0) is 49.1 Å². The first-order valence-electron chi connectivity index (χ1n) is 10.6. The molecule has 0 saturated carbocycles. The van der Waals surface area contributed by atoms with Gasteiger partial charge in [0.2, 0.25) is 5.91 Å². The monoisotopic (exact) mass is 473 g/mol. The maximum absolute atomic E-state index is 12.6. The van der Waals surface area contributed by atoms with Crippen LogP contribution in [0.4, 0.5) is 0 Å². The summed E-state index contributed by atoms with van der Waals surface area (Å²) in [7, 11) is 0. The van der Waals surface area contributed by atoms with Crippen LogP contribution in [-0.2, 0) is 4.79 Å². The SMILES string of the molecule is Cc1cccc(-n2c(SCC(=O)N[C@H](C)c3cccs3)nnc2-c2c[nH]c3ccccc23)c1. The van der Waals surface area contributed by atoms with Crippen LogP contribution < -0.4 is 5.32 Å². The Morgan fingerprint density at radius 2 is 2.03 bits per heavy atom. The van der Waals surface area contributed by atoms with E-state index < -0.39 is 0 Å². The molecule has 2 aromatic carbocycles. The van der Waals surface area contributed by atoms with Crippen LogP contribution >= 0.6 is 23.1 Å². The second-order valence-electron chi connectivity index (χ2n) is 7.82. The van der Waals surface area contributed by atoms with Crippen LogP contribution in [0.15, 0.2) is 77.4 Å². The molecule has 3 heterocycles. The van der Waals surface area contributed by atoms with Crippen molar-refractivity contribution in [2.24, 2.45) is 0 Å². The molecule has 1 amide bonds. The fourth-order valence-electron chi connectivity index (χ4n) is 3.82. The molecule has 0 bridgehead atoms. The van der Waals surface area contributed by atoms with Crippen molar-refractivity contribution >= 4 is 39.9 Å². The lowest BCUT2D eigenvalue weighted by Crippen LogP contribution is -2.27. The molecular weight excluding hydrogens is 450 g/mol. The molecule has 5 aromatic rings. The van der Waals surface area contributed by atoms with Gasteiger partial charge >= 0.3 is 0 Å². The maximum atomic E-state index is 12.6. The Kier molecular flexibility index (Phi) is 6.02. The number of nitrogens with one attached hydrogen (secondary N) is 2. The minimum absolute atomic E-state index is 0.0190. The topological polar surface area (TPSA) is 75.6 Å². The summed E-state index contributed by atoms with van der Waals surface area (Å²) in [6.07, 6.45) is 1.96. The summed E-state index contributed by atoms with van der Waals surface area (Å²) in [6.45, 7) is 4.06. The number of aryl methyl sites for hydroxylation is 1. The number of carbonyl (C=O) groups is 1. The van der Waals surface area contributed by atoms with Gasteiger partial charge < -0.3 is 10.3 Å². The molecule has 3 aromatic heterocycles. The van der Waals surface area contributed by atoms with Gasteiger partial charge in [-0.3, -0.25) is 9.36 Å². The van der Waals surface area contributed by atoms with Gasteiger partial charge in [-0.25, -0.2) is 0 Å². The number of hydrogen-bond acceptors (Lipinski definition) is 5. The Bertz CT molecular complexity index is 1400. The first-order valence-corrected chi connectivity index (χ1v) is 12.5. The highest BCUT2D eigenvalue weighted by molar-refractivity contribution is 7.99. The van der Waals surface area contributed by atoms with Crippen molar-refractivity contribution < 1.29 is 4.79 Å². The molecule has 0 spiro atoms. The summed E-state index contributed by atoms with van der Waals surface area (Å²) in [5, 5.41) is 15.9. The number of benzene rings is 2. The predicted octanol–water partition coefficient (Wildman–Crippen LogP) is 5.76.